The smallest absolute Gasteiger partial charge is 0.00930 e. The first-order chi connectivity index (χ1) is 5.25. The molecule has 0 amide bonds. The van der Waals surface area contributed by atoms with Crippen molar-refractivity contribution in [2.24, 2.45) is 5.92 Å². The Hall–Kier alpha value is -0.0400. The van der Waals surface area contributed by atoms with Crippen molar-refractivity contribution in [2.45, 2.75) is 46.1 Å². The van der Waals surface area contributed by atoms with Crippen molar-refractivity contribution in [3.8, 4) is 0 Å². The van der Waals surface area contributed by atoms with E-state index in [9.17, 15) is 0 Å². The van der Waals surface area contributed by atoms with E-state index in [1.54, 1.807) is 0 Å². The summed E-state index contributed by atoms with van der Waals surface area (Å²) in [7, 11) is 0. The molecule has 1 saturated heterocycles. The molecule has 1 aliphatic rings. The SMILES string of the molecule is CCCCN1CCC(C)C1C. The zero-order valence-electron chi connectivity index (χ0n) is 8.14. The molecule has 1 heteroatoms. The molecule has 1 nitrogen and oxygen atoms in total. The monoisotopic (exact) mass is 155 g/mol. The van der Waals surface area contributed by atoms with Gasteiger partial charge in [0.15, 0.2) is 0 Å². The average molecular weight is 155 g/mol. The van der Waals surface area contributed by atoms with Crippen LogP contribution in [0.15, 0.2) is 0 Å². The zero-order chi connectivity index (χ0) is 8.27. The van der Waals surface area contributed by atoms with E-state index in [1.807, 2.05) is 0 Å². The lowest BCUT2D eigenvalue weighted by Gasteiger charge is -2.22. The van der Waals surface area contributed by atoms with Crippen LogP contribution in [0.1, 0.15) is 40.0 Å². The van der Waals surface area contributed by atoms with E-state index in [1.165, 1.54) is 32.4 Å². The fraction of sp³-hybridized carbons (Fsp3) is 1.00. The molecule has 0 saturated carbocycles. The Bertz CT molecular complexity index is 111. The molecule has 2 unspecified atom stereocenters. The van der Waals surface area contributed by atoms with Crippen LogP contribution in [0.5, 0.6) is 0 Å². The maximum atomic E-state index is 2.63. The highest BCUT2D eigenvalue weighted by molar-refractivity contribution is 4.80. The molecule has 1 aliphatic heterocycles. The molecular formula is C10H21N. The summed E-state index contributed by atoms with van der Waals surface area (Å²) in [5, 5.41) is 0. The molecule has 2 atom stereocenters. The van der Waals surface area contributed by atoms with Crippen molar-refractivity contribution in [1.29, 1.82) is 0 Å². The van der Waals surface area contributed by atoms with Crippen molar-refractivity contribution in [1.82, 2.24) is 4.90 Å². The zero-order valence-corrected chi connectivity index (χ0v) is 8.14. The van der Waals surface area contributed by atoms with E-state index in [-0.39, 0.29) is 0 Å². The molecule has 0 spiro atoms. The van der Waals surface area contributed by atoms with Crippen molar-refractivity contribution >= 4 is 0 Å². The van der Waals surface area contributed by atoms with E-state index in [2.05, 4.69) is 25.7 Å². The highest BCUT2D eigenvalue weighted by Gasteiger charge is 2.25. The lowest BCUT2D eigenvalue weighted by molar-refractivity contribution is 0.244. The molecule has 0 aromatic heterocycles. The predicted octanol–water partition coefficient (Wildman–Crippen LogP) is 2.52. The fourth-order valence-electron chi connectivity index (χ4n) is 1.85. The van der Waals surface area contributed by atoms with Gasteiger partial charge in [-0.15, -0.1) is 0 Å². The van der Waals surface area contributed by atoms with Crippen molar-refractivity contribution in [2.75, 3.05) is 13.1 Å². The highest BCUT2D eigenvalue weighted by atomic mass is 15.2. The standard InChI is InChI=1S/C10H21N/c1-4-5-7-11-8-6-9(2)10(11)3/h9-10H,4-8H2,1-3H3. The summed E-state index contributed by atoms with van der Waals surface area (Å²) in [6, 6.07) is 0.835. The van der Waals surface area contributed by atoms with Gasteiger partial charge in [-0.1, -0.05) is 20.3 Å². The van der Waals surface area contributed by atoms with Crippen LogP contribution in [0.4, 0.5) is 0 Å². The van der Waals surface area contributed by atoms with Gasteiger partial charge in [-0.05, 0) is 38.8 Å². The van der Waals surface area contributed by atoms with Gasteiger partial charge in [0.05, 0.1) is 0 Å². The summed E-state index contributed by atoms with van der Waals surface area (Å²) in [5.41, 5.74) is 0. The first-order valence-corrected chi connectivity index (χ1v) is 4.99. The number of nitrogens with zero attached hydrogens (tertiary/aromatic N) is 1. The lowest BCUT2D eigenvalue weighted by atomic mass is 10.1. The molecular weight excluding hydrogens is 134 g/mol. The van der Waals surface area contributed by atoms with Gasteiger partial charge < -0.3 is 4.90 Å². The van der Waals surface area contributed by atoms with Crippen molar-refractivity contribution in [3.63, 3.8) is 0 Å². The van der Waals surface area contributed by atoms with Crippen LogP contribution in [0.3, 0.4) is 0 Å². The molecule has 0 aromatic carbocycles. The third kappa shape index (κ3) is 2.19. The molecule has 0 N–H and O–H groups in total. The van der Waals surface area contributed by atoms with Gasteiger partial charge in [0, 0.05) is 6.04 Å². The first kappa shape index (κ1) is 9.05. The van der Waals surface area contributed by atoms with E-state index >= 15 is 0 Å². The molecule has 0 aliphatic carbocycles. The summed E-state index contributed by atoms with van der Waals surface area (Å²) < 4.78 is 0. The normalized spacial score (nSPS) is 33.0. The minimum Gasteiger partial charge on any atom is -0.300 e. The van der Waals surface area contributed by atoms with Gasteiger partial charge in [-0.2, -0.15) is 0 Å². The molecule has 0 radical (unpaired) electrons. The fourth-order valence-corrected chi connectivity index (χ4v) is 1.85. The highest BCUT2D eigenvalue weighted by Crippen LogP contribution is 2.23. The van der Waals surface area contributed by atoms with Crippen molar-refractivity contribution < 1.29 is 0 Å². The second-order valence-electron chi connectivity index (χ2n) is 3.90. The third-order valence-corrected chi connectivity index (χ3v) is 3.07. The van der Waals surface area contributed by atoms with Crippen LogP contribution in [0.2, 0.25) is 0 Å². The maximum absolute atomic E-state index is 2.63. The number of rotatable bonds is 3. The Balaban J connectivity index is 2.24. The average Bonchev–Trinajstić information content (AvgIpc) is 2.31. The van der Waals surface area contributed by atoms with Gasteiger partial charge in [-0.25, -0.2) is 0 Å². The molecule has 66 valence electrons. The van der Waals surface area contributed by atoms with E-state index < -0.39 is 0 Å². The molecule has 1 rings (SSSR count). The number of hydrogen-bond acceptors (Lipinski definition) is 1. The van der Waals surface area contributed by atoms with Crippen LogP contribution in [0, 0.1) is 5.92 Å². The maximum Gasteiger partial charge on any atom is 0.00930 e. The van der Waals surface area contributed by atoms with Crippen LogP contribution < -0.4 is 0 Å². The van der Waals surface area contributed by atoms with E-state index in [0.717, 1.165) is 12.0 Å². The van der Waals surface area contributed by atoms with Gasteiger partial charge >= 0.3 is 0 Å². The minimum absolute atomic E-state index is 0.835. The Morgan fingerprint density at radius 2 is 2.09 bits per heavy atom. The van der Waals surface area contributed by atoms with Gasteiger partial charge in [0.2, 0.25) is 0 Å². The predicted molar refractivity (Wildman–Crippen MR) is 49.7 cm³/mol. The molecule has 0 aromatic rings. The van der Waals surface area contributed by atoms with E-state index in [4.69, 9.17) is 0 Å². The van der Waals surface area contributed by atoms with E-state index in [0.29, 0.717) is 0 Å². The van der Waals surface area contributed by atoms with Gasteiger partial charge in [0.25, 0.3) is 0 Å². The second-order valence-corrected chi connectivity index (χ2v) is 3.90. The number of hydrogen-bond donors (Lipinski definition) is 0. The van der Waals surface area contributed by atoms with Crippen LogP contribution in [0.25, 0.3) is 0 Å². The minimum atomic E-state index is 0.835. The Morgan fingerprint density at radius 1 is 1.36 bits per heavy atom. The Labute approximate surface area is 70.8 Å². The first-order valence-electron chi connectivity index (χ1n) is 4.99. The molecule has 11 heavy (non-hydrogen) atoms. The van der Waals surface area contributed by atoms with Gasteiger partial charge in [-0.3, -0.25) is 0 Å². The summed E-state index contributed by atoms with van der Waals surface area (Å²) in [6.45, 7) is 9.67. The quantitative estimate of drug-likeness (QED) is 0.605. The topological polar surface area (TPSA) is 3.24 Å². The Kier molecular flexibility index (Phi) is 3.38. The lowest BCUT2D eigenvalue weighted by Crippen LogP contribution is -2.30. The summed E-state index contributed by atoms with van der Waals surface area (Å²) in [4.78, 5) is 2.63. The van der Waals surface area contributed by atoms with Crippen LogP contribution >= 0.6 is 0 Å². The van der Waals surface area contributed by atoms with Crippen LogP contribution in [-0.2, 0) is 0 Å². The molecule has 0 bridgehead atoms. The largest absolute Gasteiger partial charge is 0.300 e. The number of likely N-dealkylation sites (tertiary alicyclic amines) is 1. The summed E-state index contributed by atoms with van der Waals surface area (Å²) in [6.07, 6.45) is 4.11. The summed E-state index contributed by atoms with van der Waals surface area (Å²) in [5.74, 6) is 0.923. The van der Waals surface area contributed by atoms with Crippen LogP contribution in [-0.4, -0.2) is 24.0 Å². The van der Waals surface area contributed by atoms with Crippen molar-refractivity contribution in [3.05, 3.63) is 0 Å². The van der Waals surface area contributed by atoms with Gasteiger partial charge in [0.1, 0.15) is 0 Å². The summed E-state index contributed by atoms with van der Waals surface area (Å²) >= 11 is 0. The second kappa shape index (κ2) is 4.10. The Morgan fingerprint density at radius 3 is 2.55 bits per heavy atom. The number of unbranched alkanes of at least 4 members (excludes halogenated alkanes) is 1. The third-order valence-electron chi connectivity index (χ3n) is 3.07. The molecule has 1 heterocycles. The molecule has 1 fully saturated rings.